The molecule has 0 N–H and O–H groups in total. The molecule has 2 aromatic carbocycles. The highest BCUT2D eigenvalue weighted by atomic mass is 35.5. The lowest BCUT2D eigenvalue weighted by molar-refractivity contribution is 0.402. The van der Waals surface area contributed by atoms with Gasteiger partial charge in [0.2, 0.25) is 17.6 Å². The van der Waals surface area contributed by atoms with Crippen molar-refractivity contribution in [1.29, 1.82) is 0 Å². The van der Waals surface area contributed by atoms with Crippen LogP contribution in [0.3, 0.4) is 0 Å². The van der Waals surface area contributed by atoms with Crippen molar-refractivity contribution in [3.05, 3.63) is 113 Å². The summed E-state index contributed by atoms with van der Waals surface area (Å²) in [6.07, 6.45) is 3.33. The van der Waals surface area contributed by atoms with Crippen LogP contribution in [0.25, 0.3) is 22.9 Å². The first-order valence-corrected chi connectivity index (χ1v) is 11.8. The van der Waals surface area contributed by atoms with Crippen LogP contribution in [0.1, 0.15) is 28.3 Å². The molecule has 9 heteroatoms. The Morgan fingerprint density at radius 1 is 0.861 bits per heavy atom. The molecule has 0 bridgehead atoms. The number of ether oxygens (including phenoxy) is 1. The molecule has 174 valence electrons. The minimum absolute atomic E-state index is 0.313. The first-order valence-electron chi connectivity index (χ1n) is 11.4. The first-order chi connectivity index (χ1) is 17.7. The summed E-state index contributed by atoms with van der Waals surface area (Å²) in [5.74, 6) is 1.24. The fraction of sp³-hybridized carbons (Fsp3) is 0.0741. The SMILES string of the molecule is Cc1nn(-c2ccccc2)c2c1[C@H](c1ccccc1Cl)c1c(ncn3nc(-c4ccccn4)nc13)O2. The predicted octanol–water partition coefficient (Wildman–Crippen LogP) is 5.62. The normalized spacial score (nSPS) is 14.3. The van der Waals surface area contributed by atoms with Crippen LogP contribution in [-0.2, 0) is 0 Å². The highest BCUT2D eigenvalue weighted by molar-refractivity contribution is 6.31. The van der Waals surface area contributed by atoms with Crippen molar-refractivity contribution in [2.45, 2.75) is 12.8 Å². The molecule has 5 heterocycles. The van der Waals surface area contributed by atoms with Crippen molar-refractivity contribution < 1.29 is 4.74 Å². The van der Waals surface area contributed by atoms with Gasteiger partial charge in [-0.2, -0.15) is 5.10 Å². The second-order valence-electron chi connectivity index (χ2n) is 8.49. The molecule has 0 unspecified atom stereocenters. The smallest absolute Gasteiger partial charge is 0.230 e. The Hall–Kier alpha value is -4.56. The van der Waals surface area contributed by atoms with Gasteiger partial charge in [-0.25, -0.2) is 19.2 Å². The zero-order valence-corrected chi connectivity index (χ0v) is 19.8. The van der Waals surface area contributed by atoms with E-state index in [9.17, 15) is 0 Å². The third kappa shape index (κ3) is 3.11. The minimum atomic E-state index is -0.313. The molecule has 36 heavy (non-hydrogen) atoms. The number of fused-ring (bicyclic) bond motifs is 4. The zero-order chi connectivity index (χ0) is 24.2. The van der Waals surface area contributed by atoms with Crippen molar-refractivity contribution in [1.82, 2.24) is 34.3 Å². The first kappa shape index (κ1) is 20.8. The zero-order valence-electron chi connectivity index (χ0n) is 19.1. The Morgan fingerprint density at radius 3 is 2.47 bits per heavy atom. The summed E-state index contributed by atoms with van der Waals surface area (Å²) in [4.78, 5) is 13.9. The Kier molecular flexibility index (Phi) is 4.62. The van der Waals surface area contributed by atoms with E-state index in [1.807, 2.05) is 84.4 Å². The fourth-order valence-electron chi connectivity index (χ4n) is 4.75. The molecule has 7 rings (SSSR count). The van der Waals surface area contributed by atoms with E-state index < -0.39 is 0 Å². The van der Waals surface area contributed by atoms with E-state index in [0.29, 0.717) is 33.9 Å². The monoisotopic (exact) mass is 491 g/mol. The van der Waals surface area contributed by atoms with Crippen LogP contribution < -0.4 is 4.74 Å². The lowest BCUT2D eigenvalue weighted by Gasteiger charge is -2.26. The Morgan fingerprint density at radius 2 is 1.67 bits per heavy atom. The number of rotatable bonds is 3. The van der Waals surface area contributed by atoms with E-state index in [1.54, 1.807) is 17.0 Å². The highest BCUT2D eigenvalue weighted by Gasteiger charge is 2.39. The molecule has 1 atom stereocenters. The molecule has 0 aliphatic carbocycles. The van der Waals surface area contributed by atoms with Crippen LogP contribution in [0.5, 0.6) is 11.8 Å². The fourth-order valence-corrected chi connectivity index (χ4v) is 4.99. The second-order valence-corrected chi connectivity index (χ2v) is 8.90. The number of halogens is 1. The van der Waals surface area contributed by atoms with Gasteiger partial charge in [0.1, 0.15) is 12.0 Å². The van der Waals surface area contributed by atoms with Gasteiger partial charge < -0.3 is 4.74 Å². The van der Waals surface area contributed by atoms with Gasteiger partial charge in [0.05, 0.1) is 28.4 Å². The minimum Gasteiger partial charge on any atom is -0.420 e. The van der Waals surface area contributed by atoms with Crippen LogP contribution >= 0.6 is 11.6 Å². The maximum atomic E-state index is 6.78. The maximum absolute atomic E-state index is 6.78. The van der Waals surface area contributed by atoms with Crippen molar-refractivity contribution in [3.8, 4) is 29.0 Å². The van der Waals surface area contributed by atoms with Crippen LogP contribution in [0, 0.1) is 6.92 Å². The lowest BCUT2D eigenvalue weighted by atomic mass is 9.84. The van der Waals surface area contributed by atoms with Crippen molar-refractivity contribution in [3.63, 3.8) is 0 Å². The van der Waals surface area contributed by atoms with Crippen LogP contribution in [0.4, 0.5) is 0 Å². The molecule has 1 aliphatic rings. The molecule has 0 saturated heterocycles. The topological polar surface area (TPSA) is 83.0 Å². The largest absolute Gasteiger partial charge is 0.420 e. The average molecular weight is 492 g/mol. The van der Waals surface area contributed by atoms with E-state index >= 15 is 0 Å². The summed E-state index contributed by atoms with van der Waals surface area (Å²) < 4.78 is 9.92. The Balaban J connectivity index is 1.52. The number of aromatic nitrogens is 7. The number of hydrogen-bond donors (Lipinski definition) is 0. The van der Waals surface area contributed by atoms with Crippen molar-refractivity contribution >= 4 is 17.2 Å². The maximum Gasteiger partial charge on any atom is 0.230 e. The molecule has 0 saturated carbocycles. The number of aryl methyl sites for hydroxylation is 1. The molecule has 0 spiro atoms. The number of benzene rings is 2. The van der Waals surface area contributed by atoms with Gasteiger partial charge >= 0.3 is 0 Å². The third-order valence-electron chi connectivity index (χ3n) is 6.33. The van der Waals surface area contributed by atoms with Crippen LogP contribution in [0.15, 0.2) is 85.3 Å². The molecule has 8 nitrogen and oxygen atoms in total. The summed E-state index contributed by atoms with van der Waals surface area (Å²) in [5, 5.41) is 10.1. The van der Waals surface area contributed by atoms with Gasteiger partial charge in [-0.1, -0.05) is 54.1 Å². The van der Waals surface area contributed by atoms with E-state index in [-0.39, 0.29) is 5.92 Å². The molecule has 4 aromatic heterocycles. The predicted molar refractivity (Wildman–Crippen MR) is 135 cm³/mol. The van der Waals surface area contributed by atoms with Crippen LogP contribution in [0.2, 0.25) is 5.02 Å². The molecular formula is C27H18ClN7O. The van der Waals surface area contributed by atoms with Gasteiger partial charge in [0.25, 0.3) is 0 Å². The van der Waals surface area contributed by atoms with Crippen molar-refractivity contribution in [2.75, 3.05) is 0 Å². The van der Waals surface area contributed by atoms with E-state index in [1.165, 1.54) is 0 Å². The van der Waals surface area contributed by atoms with Crippen molar-refractivity contribution in [2.24, 2.45) is 0 Å². The molecule has 0 fully saturated rings. The van der Waals surface area contributed by atoms with Gasteiger partial charge in [-0.3, -0.25) is 4.98 Å². The van der Waals surface area contributed by atoms with E-state index in [4.69, 9.17) is 26.4 Å². The third-order valence-corrected chi connectivity index (χ3v) is 6.68. The summed E-state index contributed by atoms with van der Waals surface area (Å²) in [6.45, 7) is 1.98. The quantitative estimate of drug-likeness (QED) is 0.319. The number of hydrogen-bond acceptors (Lipinski definition) is 6. The van der Waals surface area contributed by atoms with Crippen LogP contribution in [-0.4, -0.2) is 34.3 Å². The summed E-state index contributed by atoms with van der Waals surface area (Å²) >= 11 is 6.78. The van der Waals surface area contributed by atoms with E-state index in [2.05, 4.69) is 15.1 Å². The summed E-state index contributed by atoms with van der Waals surface area (Å²) in [6, 6.07) is 23.3. The second kappa shape index (κ2) is 8.00. The average Bonchev–Trinajstić information content (AvgIpc) is 3.50. The molecule has 1 aliphatic heterocycles. The lowest BCUT2D eigenvalue weighted by Crippen LogP contribution is -2.16. The van der Waals surface area contributed by atoms with Gasteiger partial charge in [0, 0.05) is 11.2 Å². The summed E-state index contributed by atoms with van der Waals surface area (Å²) in [5.41, 5.74) is 5.64. The molecule has 0 radical (unpaired) electrons. The number of nitrogens with zero attached hydrogens (tertiary/aromatic N) is 7. The number of pyridine rings is 1. The summed E-state index contributed by atoms with van der Waals surface area (Å²) in [7, 11) is 0. The van der Waals surface area contributed by atoms with E-state index in [0.717, 1.165) is 28.1 Å². The van der Waals surface area contributed by atoms with Gasteiger partial charge in [-0.05, 0) is 42.8 Å². The Labute approximate surface area is 210 Å². The molecule has 6 aromatic rings. The number of para-hydroxylation sites is 1. The Bertz CT molecular complexity index is 1750. The highest BCUT2D eigenvalue weighted by Crippen LogP contribution is 2.50. The van der Waals surface area contributed by atoms with Gasteiger partial charge in [0.15, 0.2) is 5.65 Å². The standard InChI is InChI=1S/C27H18ClN7O/c1-16-21-22(18-11-5-6-12-19(18)28)23-25-31-24(20-13-7-8-14-29-20)33-34(25)15-30-26(23)36-27(21)35(32-16)17-9-3-2-4-10-17/h2-15,22H,1H3/t22-/m0/s1. The van der Waals surface area contributed by atoms with Gasteiger partial charge in [-0.15, -0.1) is 5.10 Å². The molecular weight excluding hydrogens is 474 g/mol. The molecule has 0 amide bonds.